The molecule has 2 heterocycles. The Morgan fingerprint density at radius 1 is 1.14 bits per heavy atom. The van der Waals surface area contributed by atoms with Crippen molar-refractivity contribution in [2.45, 2.75) is 64.0 Å². The predicted molar refractivity (Wildman–Crippen MR) is 135 cm³/mol. The fourth-order valence-electron chi connectivity index (χ4n) is 5.12. The van der Waals surface area contributed by atoms with E-state index in [0.29, 0.717) is 6.61 Å². The maximum Gasteiger partial charge on any atom is 0.339 e. The molecule has 188 valence electrons. The van der Waals surface area contributed by atoms with Crippen LogP contribution in [0.15, 0.2) is 42.5 Å². The first-order chi connectivity index (χ1) is 17.0. The van der Waals surface area contributed by atoms with Gasteiger partial charge in [0, 0.05) is 25.4 Å². The minimum Gasteiger partial charge on any atom is -0.493 e. The standard InChI is InChI=1S/C28H36N2O5/c1-2-34-26-17-20(12-13-23(26)28(32)33)18-27(31)29-24(19-21-9-8-16-35-21)22-10-4-5-11-25(22)30-14-6-3-7-15-30/h4-5,10-13,17,21,24H,2-3,6-9,14-16,18-19H2,1H3,(H,29,31)(H,32,33). The number of ether oxygens (including phenoxy) is 2. The van der Waals surface area contributed by atoms with Crippen molar-refractivity contribution < 1.29 is 24.2 Å². The Bertz CT molecular complexity index is 1010. The number of rotatable bonds is 10. The van der Waals surface area contributed by atoms with Crippen molar-refractivity contribution in [3.8, 4) is 5.75 Å². The lowest BCUT2D eigenvalue weighted by Crippen LogP contribution is -2.35. The number of piperidine rings is 1. The number of aromatic carboxylic acids is 1. The number of carbonyl (C=O) groups is 2. The topological polar surface area (TPSA) is 88.1 Å². The van der Waals surface area contributed by atoms with Gasteiger partial charge in [-0.25, -0.2) is 4.79 Å². The number of para-hydroxylation sites is 1. The van der Waals surface area contributed by atoms with Crippen molar-refractivity contribution in [3.05, 3.63) is 59.2 Å². The summed E-state index contributed by atoms with van der Waals surface area (Å²) in [7, 11) is 0. The minimum atomic E-state index is -1.05. The molecule has 0 aliphatic carbocycles. The summed E-state index contributed by atoms with van der Waals surface area (Å²) in [5.74, 6) is -0.862. The van der Waals surface area contributed by atoms with Crippen molar-refractivity contribution in [2.75, 3.05) is 31.2 Å². The van der Waals surface area contributed by atoms with Crippen molar-refractivity contribution in [3.63, 3.8) is 0 Å². The Kier molecular flexibility index (Phi) is 8.64. The number of nitrogens with one attached hydrogen (secondary N) is 1. The highest BCUT2D eigenvalue weighted by Gasteiger charge is 2.27. The minimum absolute atomic E-state index is 0.0997. The Morgan fingerprint density at radius 3 is 2.66 bits per heavy atom. The monoisotopic (exact) mass is 480 g/mol. The molecule has 7 nitrogen and oxygen atoms in total. The van der Waals surface area contributed by atoms with Crippen LogP contribution in [-0.4, -0.2) is 49.4 Å². The van der Waals surface area contributed by atoms with Crippen LogP contribution in [0.2, 0.25) is 0 Å². The van der Waals surface area contributed by atoms with Gasteiger partial charge in [0.05, 0.1) is 25.2 Å². The fourth-order valence-corrected chi connectivity index (χ4v) is 5.12. The number of benzene rings is 2. The molecule has 2 aliphatic rings. The highest BCUT2D eigenvalue weighted by molar-refractivity contribution is 5.91. The molecule has 7 heteroatoms. The molecule has 2 aliphatic heterocycles. The van der Waals surface area contributed by atoms with Crippen LogP contribution in [0, 0.1) is 0 Å². The number of hydrogen-bond donors (Lipinski definition) is 2. The summed E-state index contributed by atoms with van der Waals surface area (Å²) >= 11 is 0. The molecular formula is C28H36N2O5. The van der Waals surface area contributed by atoms with E-state index in [0.717, 1.165) is 50.1 Å². The number of amides is 1. The first-order valence-corrected chi connectivity index (χ1v) is 12.8. The first kappa shape index (κ1) is 25.0. The van der Waals surface area contributed by atoms with E-state index in [4.69, 9.17) is 9.47 Å². The lowest BCUT2D eigenvalue weighted by atomic mass is 9.95. The van der Waals surface area contributed by atoms with Gasteiger partial charge in [-0.3, -0.25) is 4.79 Å². The zero-order chi connectivity index (χ0) is 24.6. The zero-order valence-electron chi connectivity index (χ0n) is 20.5. The molecule has 2 N–H and O–H groups in total. The lowest BCUT2D eigenvalue weighted by molar-refractivity contribution is -0.121. The van der Waals surface area contributed by atoms with E-state index < -0.39 is 5.97 Å². The third-order valence-corrected chi connectivity index (χ3v) is 6.81. The molecule has 0 radical (unpaired) electrons. The summed E-state index contributed by atoms with van der Waals surface area (Å²) in [4.78, 5) is 27.1. The number of nitrogens with zero attached hydrogens (tertiary/aromatic N) is 1. The van der Waals surface area contributed by atoms with Crippen molar-refractivity contribution in [1.82, 2.24) is 5.32 Å². The van der Waals surface area contributed by atoms with E-state index in [1.54, 1.807) is 19.1 Å². The van der Waals surface area contributed by atoms with Crippen LogP contribution in [0.3, 0.4) is 0 Å². The number of carboxylic acids is 1. The molecule has 2 atom stereocenters. The molecule has 0 spiro atoms. The third-order valence-electron chi connectivity index (χ3n) is 6.81. The first-order valence-electron chi connectivity index (χ1n) is 12.8. The molecule has 0 aromatic heterocycles. The SMILES string of the molecule is CCOc1cc(CC(=O)NC(CC2CCCO2)c2ccccc2N2CCCCC2)ccc1C(=O)O. The maximum atomic E-state index is 13.2. The molecule has 2 unspecified atom stereocenters. The van der Waals surface area contributed by atoms with Crippen LogP contribution in [0.4, 0.5) is 5.69 Å². The smallest absolute Gasteiger partial charge is 0.339 e. The van der Waals surface area contributed by atoms with Gasteiger partial charge in [-0.2, -0.15) is 0 Å². The van der Waals surface area contributed by atoms with E-state index in [1.165, 1.54) is 31.0 Å². The summed E-state index contributed by atoms with van der Waals surface area (Å²) in [5, 5.41) is 12.7. The second kappa shape index (κ2) is 12.1. The highest BCUT2D eigenvalue weighted by atomic mass is 16.5. The van der Waals surface area contributed by atoms with Gasteiger partial charge >= 0.3 is 5.97 Å². The number of hydrogen-bond acceptors (Lipinski definition) is 5. The van der Waals surface area contributed by atoms with E-state index in [1.807, 2.05) is 6.07 Å². The van der Waals surface area contributed by atoms with E-state index >= 15 is 0 Å². The zero-order valence-corrected chi connectivity index (χ0v) is 20.5. The molecule has 4 rings (SSSR count). The van der Waals surface area contributed by atoms with Crippen LogP contribution in [0.1, 0.15) is 73.0 Å². The van der Waals surface area contributed by atoms with Gasteiger partial charge in [-0.15, -0.1) is 0 Å². The number of carboxylic acid groups (broad SMARTS) is 1. The summed E-state index contributed by atoms with van der Waals surface area (Å²) in [6.07, 6.45) is 6.71. The summed E-state index contributed by atoms with van der Waals surface area (Å²) in [6, 6.07) is 13.1. The molecule has 2 saturated heterocycles. The quantitative estimate of drug-likeness (QED) is 0.511. The molecule has 0 bridgehead atoms. The lowest BCUT2D eigenvalue weighted by Gasteiger charge is -2.33. The van der Waals surface area contributed by atoms with Gasteiger partial charge < -0.3 is 24.8 Å². The molecule has 35 heavy (non-hydrogen) atoms. The Labute approximate surface area is 207 Å². The van der Waals surface area contributed by atoms with Crippen LogP contribution in [0.5, 0.6) is 5.75 Å². The van der Waals surface area contributed by atoms with E-state index in [9.17, 15) is 14.7 Å². The fraction of sp³-hybridized carbons (Fsp3) is 0.500. The van der Waals surface area contributed by atoms with Crippen molar-refractivity contribution >= 4 is 17.6 Å². The third kappa shape index (κ3) is 6.54. The molecule has 2 aromatic carbocycles. The predicted octanol–water partition coefficient (Wildman–Crippen LogP) is 4.74. The van der Waals surface area contributed by atoms with E-state index in [-0.39, 0.29) is 35.8 Å². The Balaban J connectivity index is 1.54. The van der Waals surface area contributed by atoms with Gasteiger partial charge in [0.1, 0.15) is 11.3 Å². The van der Waals surface area contributed by atoms with Gasteiger partial charge in [0.2, 0.25) is 5.91 Å². The molecular weight excluding hydrogens is 444 g/mol. The van der Waals surface area contributed by atoms with Gasteiger partial charge in [0.25, 0.3) is 0 Å². The van der Waals surface area contributed by atoms with Crippen molar-refractivity contribution in [2.24, 2.45) is 0 Å². The highest BCUT2D eigenvalue weighted by Crippen LogP contribution is 2.33. The number of carbonyl (C=O) groups excluding carboxylic acids is 1. The average molecular weight is 481 g/mol. The van der Waals surface area contributed by atoms with Gasteiger partial charge in [0.15, 0.2) is 0 Å². The average Bonchev–Trinajstić information content (AvgIpc) is 3.37. The molecule has 2 aromatic rings. The van der Waals surface area contributed by atoms with Crippen LogP contribution in [0.25, 0.3) is 0 Å². The normalized spacial score (nSPS) is 18.8. The Hall–Kier alpha value is -3.06. The van der Waals surface area contributed by atoms with Gasteiger partial charge in [-0.05, 0) is 74.8 Å². The summed E-state index contributed by atoms with van der Waals surface area (Å²) < 4.78 is 11.4. The van der Waals surface area contributed by atoms with E-state index in [2.05, 4.69) is 28.4 Å². The maximum absolute atomic E-state index is 13.2. The molecule has 1 amide bonds. The molecule has 0 saturated carbocycles. The Morgan fingerprint density at radius 2 is 1.94 bits per heavy atom. The van der Waals surface area contributed by atoms with Crippen LogP contribution in [-0.2, 0) is 16.0 Å². The second-order valence-electron chi connectivity index (χ2n) is 9.34. The molecule has 2 fully saturated rings. The summed E-state index contributed by atoms with van der Waals surface area (Å²) in [6.45, 7) is 5.00. The van der Waals surface area contributed by atoms with Crippen LogP contribution < -0.4 is 15.0 Å². The number of anilines is 1. The largest absolute Gasteiger partial charge is 0.493 e. The summed E-state index contributed by atoms with van der Waals surface area (Å²) in [5.41, 5.74) is 3.15. The van der Waals surface area contributed by atoms with Gasteiger partial charge in [-0.1, -0.05) is 24.3 Å². The second-order valence-corrected chi connectivity index (χ2v) is 9.34. The van der Waals surface area contributed by atoms with Crippen LogP contribution >= 0.6 is 0 Å². The van der Waals surface area contributed by atoms with Crippen molar-refractivity contribution in [1.29, 1.82) is 0 Å².